The van der Waals surface area contributed by atoms with Crippen molar-refractivity contribution in [3.63, 3.8) is 0 Å². The summed E-state index contributed by atoms with van der Waals surface area (Å²) in [5.41, 5.74) is 0.407. The van der Waals surface area contributed by atoms with E-state index in [0.29, 0.717) is 5.52 Å². The molecule has 0 bridgehead atoms. The maximum atomic E-state index is 13.6. The zero-order valence-corrected chi connectivity index (χ0v) is 10.5. The third kappa shape index (κ3) is 2.32. The van der Waals surface area contributed by atoms with E-state index in [1.165, 1.54) is 6.07 Å². The summed E-state index contributed by atoms with van der Waals surface area (Å²) in [4.78, 5) is 4.25. The van der Waals surface area contributed by atoms with Crippen molar-refractivity contribution in [1.82, 2.24) is 4.98 Å². The Morgan fingerprint density at radius 3 is 2.94 bits per heavy atom. The zero-order valence-electron chi connectivity index (χ0n) is 8.93. The first-order valence-corrected chi connectivity index (χ1v) is 5.99. The van der Waals surface area contributed by atoms with Crippen molar-refractivity contribution in [2.45, 2.75) is 13.3 Å². The van der Waals surface area contributed by atoms with Crippen molar-refractivity contribution in [3.05, 3.63) is 34.6 Å². The van der Waals surface area contributed by atoms with Gasteiger partial charge in [0.15, 0.2) is 5.82 Å². The van der Waals surface area contributed by atoms with Gasteiger partial charge >= 0.3 is 0 Å². The Balaban J connectivity index is 2.45. The van der Waals surface area contributed by atoms with Crippen LogP contribution in [0.3, 0.4) is 0 Å². The van der Waals surface area contributed by atoms with Crippen LogP contribution in [0.1, 0.15) is 13.3 Å². The van der Waals surface area contributed by atoms with E-state index in [1.807, 2.05) is 18.2 Å². The summed E-state index contributed by atoms with van der Waals surface area (Å²) in [6.45, 7) is 2.92. The van der Waals surface area contributed by atoms with E-state index in [1.54, 1.807) is 0 Å². The van der Waals surface area contributed by atoms with Crippen LogP contribution in [0.2, 0.25) is 0 Å². The summed E-state index contributed by atoms with van der Waals surface area (Å²) in [5, 5.41) is 3.94. The number of fused-ring (bicyclic) bond motifs is 1. The first-order chi connectivity index (χ1) is 7.70. The number of nitrogens with zero attached hydrogens (tertiary/aromatic N) is 1. The average Bonchev–Trinajstić information content (AvgIpc) is 2.26. The normalized spacial score (nSPS) is 10.7. The number of anilines is 1. The molecule has 0 saturated heterocycles. The van der Waals surface area contributed by atoms with E-state index in [0.717, 1.165) is 28.6 Å². The lowest BCUT2D eigenvalue weighted by molar-refractivity contribution is 0.636. The third-order valence-electron chi connectivity index (χ3n) is 2.27. The predicted molar refractivity (Wildman–Crippen MR) is 68.2 cm³/mol. The van der Waals surface area contributed by atoms with E-state index in [-0.39, 0.29) is 5.82 Å². The number of pyridine rings is 1. The number of hydrogen-bond acceptors (Lipinski definition) is 2. The Kier molecular flexibility index (Phi) is 3.39. The molecular formula is C12H12BrFN2. The minimum Gasteiger partial charge on any atom is -0.370 e. The molecular weight excluding hydrogens is 271 g/mol. The van der Waals surface area contributed by atoms with Gasteiger partial charge in [0.2, 0.25) is 0 Å². The predicted octanol–water partition coefficient (Wildman–Crippen LogP) is 3.96. The second-order valence-corrected chi connectivity index (χ2v) is 4.50. The lowest BCUT2D eigenvalue weighted by Crippen LogP contribution is -2.02. The number of hydrogen-bond donors (Lipinski definition) is 1. The van der Waals surface area contributed by atoms with Crippen molar-refractivity contribution >= 4 is 32.7 Å². The van der Waals surface area contributed by atoms with Gasteiger partial charge in [0.05, 0.1) is 0 Å². The van der Waals surface area contributed by atoms with Gasteiger partial charge in [-0.1, -0.05) is 22.9 Å². The van der Waals surface area contributed by atoms with Crippen molar-refractivity contribution in [1.29, 1.82) is 0 Å². The van der Waals surface area contributed by atoms with Crippen LogP contribution in [-0.4, -0.2) is 11.5 Å². The number of aromatic nitrogens is 1. The Hall–Kier alpha value is -1.16. The third-order valence-corrected chi connectivity index (χ3v) is 2.72. The highest BCUT2D eigenvalue weighted by Crippen LogP contribution is 2.23. The number of rotatable bonds is 3. The molecule has 1 aromatic heterocycles. The van der Waals surface area contributed by atoms with Crippen molar-refractivity contribution < 1.29 is 4.39 Å². The molecule has 1 aromatic carbocycles. The highest BCUT2D eigenvalue weighted by Gasteiger charge is 2.05. The van der Waals surface area contributed by atoms with Gasteiger partial charge < -0.3 is 5.32 Å². The van der Waals surface area contributed by atoms with Crippen LogP contribution in [0, 0.1) is 5.82 Å². The summed E-state index contributed by atoms with van der Waals surface area (Å²) in [5.74, 6) is 0.417. The molecule has 1 N–H and O–H groups in total. The zero-order chi connectivity index (χ0) is 11.5. The molecule has 84 valence electrons. The van der Waals surface area contributed by atoms with Crippen LogP contribution >= 0.6 is 15.9 Å². The molecule has 2 aromatic rings. The average molecular weight is 283 g/mol. The first-order valence-electron chi connectivity index (χ1n) is 5.20. The van der Waals surface area contributed by atoms with E-state index in [9.17, 15) is 4.39 Å². The van der Waals surface area contributed by atoms with E-state index < -0.39 is 0 Å². The molecule has 0 saturated carbocycles. The maximum absolute atomic E-state index is 13.6. The molecule has 1 heterocycles. The van der Waals surface area contributed by atoms with E-state index >= 15 is 0 Å². The van der Waals surface area contributed by atoms with Gasteiger partial charge in [-0.25, -0.2) is 9.37 Å². The van der Waals surface area contributed by atoms with Crippen LogP contribution in [-0.2, 0) is 0 Å². The largest absolute Gasteiger partial charge is 0.370 e. The molecule has 0 aliphatic heterocycles. The molecule has 0 aliphatic carbocycles. The van der Waals surface area contributed by atoms with E-state index in [4.69, 9.17) is 0 Å². The summed E-state index contributed by atoms with van der Waals surface area (Å²) < 4.78 is 14.4. The minimum absolute atomic E-state index is 0.301. The quantitative estimate of drug-likeness (QED) is 0.922. The van der Waals surface area contributed by atoms with Crippen molar-refractivity contribution in [3.8, 4) is 0 Å². The topological polar surface area (TPSA) is 24.9 Å². The molecule has 4 heteroatoms. The van der Waals surface area contributed by atoms with Gasteiger partial charge in [-0.2, -0.15) is 0 Å². The van der Waals surface area contributed by atoms with Crippen LogP contribution in [0.4, 0.5) is 10.2 Å². The van der Waals surface area contributed by atoms with Gasteiger partial charge in [-0.05, 0) is 30.7 Å². The van der Waals surface area contributed by atoms with Crippen LogP contribution in [0.25, 0.3) is 10.9 Å². The Morgan fingerprint density at radius 1 is 1.38 bits per heavy atom. The number of halogens is 2. The SMILES string of the molecule is CCCNc1ccc2cc(Br)cc(F)c2n1. The van der Waals surface area contributed by atoms with Crippen LogP contribution in [0.15, 0.2) is 28.7 Å². The summed E-state index contributed by atoms with van der Waals surface area (Å²) in [6.07, 6.45) is 1.02. The van der Waals surface area contributed by atoms with Gasteiger partial charge in [0, 0.05) is 16.4 Å². The minimum atomic E-state index is -0.301. The highest BCUT2D eigenvalue weighted by atomic mass is 79.9. The molecule has 0 amide bonds. The van der Waals surface area contributed by atoms with Gasteiger partial charge in [-0.15, -0.1) is 0 Å². The molecule has 0 aliphatic rings. The Bertz CT molecular complexity index is 514. The van der Waals surface area contributed by atoms with Crippen molar-refractivity contribution in [2.24, 2.45) is 0 Å². The van der Waals surface area contributed by atoms with Gasteiger partial charge in [0.1, 0.15) is 11.3 Å². The molecule has 0 radical (unpaired) electrons. The molecule has 2 rings (SSSR count). The molecule has 0 spiro atoms. The molecule has 0 atom stereocenters. The number of benzene rings is 1. The van der Waals surface area contributed by atoms with Crippen LogP contribution in [0.5, 0.6) is 0 Å². The molecule has 2 nitrogen and oxygen atoms in total. The summed E-state index contributed by atoms with van der Waals surface area (Å²) in [7, 11) is 0. The second-order valence-electron chi connectivity index (χ2n) is 3.58. The molecule has 0 unspecified atom stereocenters. The number of nitrogens with one attached hydrogen (secondary N) is 1. The van der Waals surface area contributed by atoms with Crippen LogP contribution < -0.4 is 5.32 Å². The van der Waals surface area contributed by atoms with Gasteiger partial charge in [-0.3, -0.25) is 0 Å². The van der Waals surface area contributed by atoms with E-state index in [2.05, 4.69) is 33.2 Å². The fourth-order valence-electron chi connectivity index (χ4n) is 1.51. The summed E-state index contributed by atoms with van der Waals surface area (Å²) >= 11 is 3.26. The monoisotopic (exact) mass is 282 g/mol. The molecule has 0 fully saturated rings. The lowest BCUT2D eigenvalue weighted by atomic mass is 10.2. The summed E-state index contributed by atoms with van der Waals surface area (Å²) in [6, 6.07) is 7.02. The Labute approximate surface area is 102 Å². The maximum Gasteiger partial charge on any atom is 0.150 e. The molecule has 16 heavy (non-hydrogen) atoms. The Morgan fingerprint density at radius 2 is 2.19 bits per heavy atom. The standard InChI is InChI=1S/C12H12BrFN2/c1-2-5-15-11-4-3-8-6-9(13)7-10(14)12(8)16-11/h3-4,6-7H,2,5H2,1H3,(H,15,16). The first kappa shape index (κ1) is 11.3. The fraction of sp³-hybridized carbons (Fsp3) is 0.250. The van der Waals surface area contributed by atoms with Gasteiger partial charge in [0.25, 0.3) is 0 Å². The second kappa shape index (κ2) is 4.78. The smallest absolute Gasteiger partial charge is 0.150 e. The van der Waals surface area contributed by atoms with Crippen molar-refractivity contribution in [2.75, 3.05) is 11.9 Å². The fourth-order valence-corrected chi connectivity index (χ4v) is 1.96. The highest BCUT2D eigenvalue weighted by molar-refractivity contribution is 9.10. The lowest BCUT2D eigenvalue weighted by Gasteiger charge is -2.06.